The molecule has 1 aliphatic carbocycles. The molecule has 0 radical (unpaired) electrons. The van der Waals surface area contributed by atoms with E-state index >= 15 is 0 Å². The van der Waals surface area contributed by atoms with Gasteiger partial charge in [-0.2, -0.15) is 0 Å². The average molecular weight is 316 g/mol. The fourth-order valence-electron chi connectivity index (χ4n) is 2.75. The van der Waals surface area contributed by atoms with Crippen LogP contribution in [0.5, 0.6) is 0 Å². The predicted molar refractivity (Wildman–Crippen MR) is 83.3 cm³/mol. The van der Waals surface area contributed by atoms with Crippen molar-refractivity contribution in [3.8, 4) is 0 Å². The summed E-state index contributed by atoms with van der Waals surface area (Å²) in [5.74, 6) is 0.495. The molecular formula is C15H28N2O3S. The molecule has 21 heavy (non-hydrogen) atoms. The van der Waals surface area contributed by atoms with Crippen LogP contribution >= 0.6 is 0 Å². The molecule has 1 saturated carbocycles. The second-order valence-corrected chi connectivity index (χ2v) is 9.84. The molecule has 2 aliphatic rings. The van der Waals surface area contributed by atoms with Gasteiger partial charge in [0.2, 0.25) is 15.9 Å². The second kappa shape index (κ2) is 6.24. The third-order valence-electron chi connectivity index (χ3n) is 4.16. The number of nitrogens with one attached hydrogen (secondary N) is 1. The molecule has 1 amide bonds. The smallest absolute Gasteiger partial charge is 0.220 e. The Morgan fingerprint density at radius 3 is 2.19 bits per heavy atom. The standard InChI is InChI=1S/C15H28N2O3S/c1-15(2,3)10-14(18)16-11-12-6-8-17(9-7-12)21(19,20)13-4-5-13/h12-13H,4-11H2,1-3H3,(H,16,18). The van der Waals surface area contributed by atoms with Crippen LogP contribution in [0.4, 0.5) is 0 Å². The number of piperidine rings is 1. The number of hydrogen-bond donors (Lipinski definition) is 1. The normalized spacial score (nSPS) is 22.2. The van der Waals surface area contributed by atoms with Gasteiger partial charge in [-0.3, -0.25) is 4.79 Å². The molecule has 6 heteroatoms. The van der Waals surface area contributed by atoms with Gasteiger partial charge in [-0.15, -0.1) is 0 Å². The van der Waals surface area contributed by atoms with Crippen LogP contribution in [-0.4, -0.2) is 43.5 Å². The fourth-order valence-corrected chi connectivity index (χ4v) is 4.62. The molecule has 2 rings (SSSR count). The molecule has 1 heterocycles. The Morgan fingerprint density at radius 2 is 1.71 bits per heavy atom. The summed E-state index contributed by atoms with van der Waals surface area (Å²) < 4.78 is 25.9. The molecule has 0 unspecified atom stereocenters. The molecular weight excluding hydrogens is 288 g/mol. The maximum absolute atomic E-state index is 12.1. The summed E-state index contributed by atoms with van der Waals surface area (Å²) in [5, 5.41) is 2.88. The van der Waals surface area contributed by atoms with Crippen molar-refractivity contribution >= 4 is 15.9 Å². The minimum atomic E-state index is -3.02. The first-order chi connectivity index (χ1) is 9.68. The van der Waals surface area contributed by atoms with Gasteiger partial charge in [-0.25, -0.2) is 12.7 Å². The first-order valence-corrected chi connectivity index (χ1v) is 9.44. The van der Waals surface area contributed by atoms with E-state index in [0.29, 0.717) is 32.0 Å². The van der Waals surface area contributed by atoms with Gasteiger partial charge in [0, 0.05) is 26.1 Å². The molecule has 0 aromatic rings. The summed E-state index contributed by atoms with van der Waals surface area (Å²) >= 11 is 0. The van der Waals surface area contributed by atoms with Gasteiger partial charge in [0.15, 0.2) is 0 Å². The fraction of sp³-hybridized carbons (Fsp3) is 0.933. The lowest BCUT2D eigenvalue weighted by atomic mass is 9.91. The number of hydrogen-bond acceptors (Lipinski definition) is 3. The first-order valence-electron chi connectivity index (χ1n) is 7.94. The highest BCUT2D eigenvalue weighted by Crippen LogP contribution is 2.33. The lowest BCUT2D eigenvalue weighted by Gasteiger charge is -2.31. The molecule has 0 atom stereocenters. The number of sulfonamides is 1. The Balaban J connectivity index is 1.71. The van der Waals surface area contributed by atoms with E-state index in [-0.39, 0.29) is 16.6 Å². The molecule has 0 aromatic heterocycles. The van der Waals surface area contributed by atoms with Crippen molar-refractivity contribution in [2.24, 2.45) is 11.3 Å². The third-order valence-corrected chi connectivity index (χ3v) is 6.56. The van der Waals surface area contributed by atoms with Crippen LogP contribution in [0, 0.1) is 11.3 Å². The SMILES string of the molecule is CC(C)(C)CC(=O)NCC1CCN(S(=O)(=O)C2CC2)CC1. The second-order valence-electron chi connectivity index (χ2n) is 7.63. The van der Waals surface area contributed by atoms with E-state index in [2.05, 4.69) is 5.32 Å². The Hall–Kier alpha value is -0.620. The van der Waals surface area contributed by atoms with E-state index in [1.165, 1.54) is 0 Å². The quantitative estimate of drug-likeness (QED) is 0.840. The summed E-state index contributed by atoms with van der Waals surface area (Å²) in [6.07, 6.45) is 3.88. The molecule has 0 bridgehead atoms. The Kier molecular flexibility index (Phi) is 4.98. The van der Waals surface area contributed by atoms with Crippen molar-refractivity contribution in [2.75, 3.05) is 19.6 Å². The van der Waals surface area contributed by atoms with Crippen LogP contribution in [0.2, 0.25) is 0 Å². The number of carbonyl (C=O) groups excluding carboxylic acids is 1. The van der Waals surface area contributed by atoms with Crippen molar-refractivity contribution in [1.29, 1.82) is 0 Å². The zero-order valence-corrected chi connectivity index (χ0v) is 14.2. The Morgan fingerprint density at radius 1 is 1.14 bits per heavy atom. The molecule has 122 valence electrons. The topological polar surface area (TPSA) is 66.5 Å². The third kappa shape index (κ3) is 4.95. The maximum atomic E-state index is 12.1. The molecule has 1 aliphatic heterocycles. The highest BCUT2D eigenvalue weighted by Gasteiger charge is 2.41. The molecule has 1 saturated heterocycles. The van der Waals surface area contributed by atoms with Crippen LogP contribution in [0.1, 0.15) is 52.9 Å². The Labute approximate surface area is 128 Å². The number of rotatable bonds is 5. The van der Waals surface area contributed by atoms with Crippen molar-refractivity contribution in [2.45, 2.75) is 58.1 Å². The van der Waals surface area contributed by atoms with E-state index in [4.69, 9.17) is 0 Å². The molecule has 0 spiro atoms. The predicted octanol–water partition coefficient (Wildman–Crippen LogP) is 1.74. The lowest BCUT2D eigenvalue weighted by Crippen LogP contribution is -2.43. The largest absolute Gasteiger partial charge is 0.356 e. The maximum Gasteiger partial charge on any atom is 0.220 e. The van der Waals surface area contributed by atoms with E-state index < -0.39 is 10.0 Å². The number of nitrogens with zero attached hydrogens (tertiary/aromatic N) is 1. The van der Waals surface area contributed by atoms with E-state index in [0.717, 1.165) is 25.7 Å². The van der Waals surface area contributed by atoms with Crippen LogP contribution < -0.4 is 5.32 Å². The summed E-state index contributed by atoms with van der Waals surface area (Å²) in [6.45, 7) is 8.04. The van der Waals surface area contributed by atoms with Crippen LogP contribution in [-0.2, 0) is 14.8 Å². The van der Waals surface area contributed by atoms with Crippen molar-refractivity contribution in [1.82, 2.24) is 9.62 Å². The molecule has 0 aromatic carbocycles. The van der Waals surface area contributed by atoms with Gasteiger partial charge >= 0.3 is 0 Å². The summed E-state index contributed by atoms with van der Waals surface area (Å²) in [7, 11) is -3.02. The average Bonchev–Trinajstić information content (AvgIpc) is 3.19. The number of carbonyl (C=O) groups is 1. The van der Waals surface area contributed by atoms with Crippen LogP contribution in [0.15, 0.2) is 0 Å². The summed E-state index contributed by atoms with van der Waals surface area (Å²) in [5.41, 5.74) is 0.00574. The van der Waals surface area contributed by atoms with Gasteiger partial charge in [0.05, 0.1) is 5.25 Å². The van der Waals surface area contributed by atoms with Gasteiger partial charge in [0.1, 0.15) is 0 Å². The highest BCUT2D eigenvalue weighted by molar-refractivity contribution is 7.90. The summed E-state index contributed by atoms with van der Waals surface area (Å²) in [6, 6.07) is 0. The minimum absolute atomic E-state index is 0.00574. The zero-order chi connectivity index (χ0) is 15.7. The van der Waals surface area contributed by atoms with E-state index in [9.17, 15) is 13.2 Å². The lowest BCUT2D eigenvalue weighted by molar-refractivity contribution is -0.123. The van der Waals surface area contributed by atoms with E-state index in [1.54, 1.807) is 4.31 Å². The van der Waals surface area contributed by atoms with E-state index in [1.807, 2.05) is 20.8 Å². The van der Waals surface area contributed by atoms with Gasteiger partial charge < -0.3 is 5.32 Å². The number of amides is 1. The molecule has 5 nitrogen and oxygen atoms in total. The molecule has 1 N–H and O–H groups in total. The van der Waals surface area contributed by atoms with Gasteiger partial charge in [-0.1, -0.05) is 20.8 Å². The zero-order valence-electron chi connectivity index (χ0n) is 13.4. The van der Waals surface area contributed by atoms with Crippen molar-refractivity contribution in [3.05, 3.63) is 0 Å². The van der Waals surface area contributed by atoms with Gasteiger partial charge in [-0.05, 0) is 37.0 Å². The monoisotopic (exact) mass is 316 g/mol. The Bertz CT molecular complexity index is 470. The van der Waals surface area contributed by atoms with Crippen molar-refractivity contribution in [3.63, 3.8) is 0 Å². The first kappa shape index (κ1) is 16.7. The summed E-state index contributed by atoms with van der Waals surface area (Å²) in [4.78, 5) is 11.8. The van der Waals surface area contributed by atoms with Crippen molar-refractivity contribution < 1.29 is 13.2 Å². The van der Waals surface area contributed by atoms with Crippen LogP contribution in [0.3, 0.4) is 0 Å². The van der Waals surface area contributed by atoms with Crippen LogP contribution in [0.25, 0.3) is 0 Å². The highest BCUT2D eigenvalue weighted by atomic mass is 32.2. The molecule has 2 fully saturated rings. The van der Waals surface area contributed by atoms with Gasteiger partial charge in [0.25, 0.3) is 0 Å². The minimum Gasteiger partial charge on any atom is -0.356 e.